The van der Waals surface area contributed by atoms with Crippen molar-refractivity contribution < 1.29 is 23.4 Å². The fourth-order valence-corrected chi connectivity index (χ4v) is 3.39. The van der Waals surface area contributed by atoms with Gasteiger partial charge in [-0.3, -0.25) is 4.79 Å². The van der Waals surface area contributed by atoms with Gasteiger partial charge in [-0.2, -0.15) is 13.9 Å². The minimum atomic E-state index is -2.85. The van der Waals surface area contributed by atoms with Crippen molar-refractivity contribution in [2.75, 3.05) is 0 Å². The lowest BCUT2D eigenvalue weighted by Crippen LogP contribution is -2.44. The van der Waals surface area contributed by atoms with Crippen LogP contribution in [0.1, 0.15) is 31.5 Å². The number of aromatic nitrogens is 2. The molecule has 6 nitrogen and oxygen atoms in total. The van der Waals surface area contributed by atoms with E-state index in [9.17, 15) is 18.7 Å². The van der Waals surface area contributed by atoms with Crippen LogP contribution in [0, 0.1) is 0 Å². The van der Waals surface area contributed by atoms with Gasteiger partial charge in [0.05, 0.1) is 12.2 Å². The van der Waals surface area contributed by atoms with Crippen LogP contribution in [0.25, 0.3) is 0 Å². The van der Waals surface area contributed by atoms with Crippen molar-refractivity contribution in [2.45, 2.75) is 50.5 Å². The van der Waals surface area contributed by atoms with E-state index in [0.717, 1.165) is 16.2 Å². The van der Waals surface area contributed by atoms with E-state index in [2.05, 4.69) is 9.84 Å². The summed E-state index contributed by atoms with van der Waals surface area (Å²) in [6, 6.07) is 6.28. The van der Waals surface area contributed by atoms with Crippen LogP contribution >= 0.6 is 11.9 Å². The van der Waals surface area contributed by atoms with Gasteiger partial charge in [-0.15, -0.1) is 0 Å². The Hall–Kier alpha value is -2.13. The fourth-order valence-electron chi connectivity index (χ4n) is 2.60. The number of alkyl halides is 2. The molecule has 2 heterocycles. The zero-order chi connectivity index (χ0) is 18.9. The largest absolute Gasteiger partial charge is 0.435 e. The van der Waals surface area contributed by atoms with Crippen molar-refractivity contribution in [1.29, 1.82) is 0 Å². The number of nitrogens with zero attached hydrogens (tertiary/aromatic N) is 3. The highest BCUT2D eigenvalue weighted by Crippen LogP contribution is 2.29. The van der Waals surface area contributed by atoms with Crippen molar-refractivity contribution in [3.8, 4) is 5.75 Å². The van der Waals surface area contributed by atoms with Gasteiger partial charge < -0.3 is 14.7 Å². The Morgan fingerprint density at radius 1 is 1.38 bits per heavy atom. The topological polar surface area (TPSA) is 67.6 Å². The Labute approximate surface area is 153 Å². The zero-order valence-electron chi connectivity index (χ0n) is 14.4. The number of rotatable bonds is 6. The Morgan fingerprint density at radius 2 is 2.08 bits per heavy atom. The SMILES string of the molecule is CCC(C)(O)C(=O)N1Cc2cn(Sc3ccc(OC(F)F)cc3)nc2C1. The first kappa shape index (κ1) is 18.7. The molecule has 0 radical (unpaired) electrons. The van der Waals surface area contributed by atoms with Crippen molar-refractivity contribution in [3.05, 3.63) is 41.7 Å². The minimum absolute atomic E-state index is 0.101. The molecule has 26 heavy (non-hydrogen) atoms. The number of ether oxygens (including phenoxy) is 1. The summed E-state index contributed by atoms with van der Waals surface area (Å²) in [5.74, 6) is -0.198. The number of benzene rings is 1. The average molecular weight is 383 g/mol. The first-order valence-corrected chi connectivity index (χ1v) is 8.88. The average Bonchev–Trinajstić information content (AvgIpc) is 3.13. The first-order chi connectivity index (χ1) is 12.3. The Bertz CT molecular complexity index is 770. The highest BCUT2D eigenvalue weighted by molar-refractivity contribution is 7.97. The fraction of sp³-hybridized carbons (Fsp3) is 0.412. The summed E-state index contributed by atoms with van der Waals surface area (Å²) in [5.41, 5.74) is 0.349. The van der Waals surface area contributed by atoms with Gasteiger partial charge in [-0.1, -0.05) is 6.92 Å². The molecule has 9 heteroatoms. The van der Waals surface area contributed by atoms with Crippen LogP contribution in [0.4, 0.5) is 8.78 Å². The number of hydrogen-bond donors (Lipinski definition) is 1. The third kappa shape index (κ3) is 3.99. The number of hydrogen-bond acceptors (Lipinski definition) is 5. The lowest BCUT2D eigenvalue weighted by Gasteiger charge is -2.26. The van der Waals surface area contributed by atoms with E-state index in [1.54, 1.807) is 28.0 Å². The number of carbonyl (C=O) groups excluding carboxylic acids is 1. The van der Waals surface area contributed by atoms with Crippen LogP contribution in [-0.4, -0.2) is 37.3 Å². The maximum atomic E-state index is 12.3. The van der Waals surface area contributed by atoms with E-state index >= 15 is 0 Å². The standard InChI is InChI=1S/C17H19F2N3O3S/c1-3-17(2,24)15(23)21-8-11-9-22(20-14(11)10-21)26-13-6-4-12(5-7-13)25-16(18)19/h4-7,9,16,24H,3,8,10H2,1-2H3. The summed E-state index contributed by atoms with van der Waals surface area (Å²) in [6.45, 7) is 1.21. The molecule has 0 spiro atoms. The van der Waals surface area contributed by atoms with E-state index in [4.69, 9.17) is 0 Å². The summed E-state index contributed by atoms with van der Waals surface area (Å²) in [5, 5.41) is 14.6. The molecule has 1 unspecified atom stereocenters. The first-order valence-electron chi connectivity index (χ1n) is 8.11. The molecule has 1 N–H and O–H groups in total. The Morgan fingerprint density at radius 3 is 2.65 bits per heavy atom. The van der Waals surface area contributed by atoms with Crippen LogP contribution in [0.3, 0.4) is 0 Å². The minimum Gasteiger partial charge on any atom is -0.435 e. The van der Waals surface area contributed by atoms with E-state index in [-0.39, 0.29) is 11.7 Å². The molecule has 0 aliphatic carbocycles. The number of amides is 1. The van der Waals surface area contributed by atoms with Gasteiger partial charge in [0.2, 0.25) is 0 Å². The van der Waals surface area contributed by atoms with Gasteiger partial charge in [-0.05, 0) is 37.6 Å². The smallest absolute Gasteiger partial charge is 0.387 e. The van der Waals surface area contributed by atoms with Crippen LogP contribution in [-0.2, 0) is 17.9 Å². The molecule has 1 aromatic heterocycles. The number of carbonyl (C=O) groups is 1. The van der Waals surface area contributed by atoms with E-state index in [1.807, 2.05) is 6.20 Å². The van der Waals surface area contributed by atoms with Crippen LogP contribution in [0.15, 0.2) is 35.4 Å². The number of halogens is 2. The molecule has 2 aromatic rings. The van der Waals surface area contributed by atoms with Crippen LogP contribution in [0.2, 0.25) is 0 Å². The van der Waals surface area contributed by atoms with E-state index in [1.165, 1.54) is 31.0 Å². The van der Waals surface area contributed by atoms with Crippen molar-refractivity contribution in [1.82, 2.24) is 14.1 Å². The lowest BCUT2D eigenvalue weighted by atomic mass is 10.0. The highest BCUT2D eigenvalue weighted by Gasteiger charge is 2.36. The number of fused-ring (bicyclic) bond motifs is 1. The van der Waals surface area contributed by atoms with Crippen molar-refractivity contribution in [2.24, 2.45) is 0 Å². The normalized spacial score (nSPS) is 15.8. The number of aliphatic hydroxyl groups is 1. The molecule has 1 aromatic carbocycles. The molecule has 0 saturated carbocycles. The van der Waals surface area contributed by atoms with Gasteiger partial charge >= 0.3 is 6.61 Å². The molecule has 1 aliphatic heterocycles. The van der Waals surface area contributed by atoms with E-state index in [0.29, 0.717) is 19.5 Å². The van der Waals surface area contributed by atoms with Gasteiger partial charge in [0.25, 0.3) is 5.91 Å². The van der Waals surface area contributed by atoms with Gasteiger partial charge in [-0.25, -0.2) is 4.09 Å². The predicted molar refractivity (Wildman–Crippen MR) is 91.7 cm³/mol. The van der Waals surface area contributed by atoms with Crippen molar-refractivity contribution >= 4 is 17.9 Å². The molecule has 3 rings (SSSR count). The summed E-state index contributed by atoms with van der Waals surface area (Å²) in [4.78, 5) is 14.7. The van der Waals surface area contributed by atoms with Gasteiger partial charge in [0.1, 0.15) is 11.4 Å². The molecule has 0 bridgehead atoms. The second kappa shape index (κ2) is 7.24. The van der Waals surface area contributed by atoms with E-state index < -0.39 is 12.2 Å². The highest BCUT2D eigenvalue weighted by atomic mass is 32.2. The second-order valence-corrected chi connectivity index (χ2v) is 7.26. The third-order valence-corrected chi connectivity index (χ3v) is 5.10. The molecular weight excluding hydrogens is 364 g/mol. The molecule has 0 saturated heterocycles. The molecule has 1 amide bonds. The molecule has 140 valence electrons. The summed E-state index contributed by atoms with van der Waals surface area (Å²) in [6.07, 6.45) is 2.18. The Balaban J connectivity index is 1.63. The maximum absolute atomic E-state index is 12.3. The van der Waals surface area contributed by atoms with Gasteiger partial charge in [0.15, 0.2) is 0 Å². The molecule has 0 fully saturated rings. The van der Waals surface area contributed by atoms with Crippen LogP contribution in [0.5, 0.6) is 5.75 Å². The monoisotopic (exact) mass is 383 g/mol. The van der Waals surface area contributed by atoms with Gasteiger partial charge in [0, 0.05) is 35.1 Å². The molecular formula is C17H19F2N3O3S. The van der Waals surface area contributed by atoms with Crippen LogP contribution < -0.4 is 4.74 Å². The maximum Gasteiger partial charge on any atom is 0.387 e. The Kier molecular flexibility index (Phi) is 5.19. The zero-order valence-corrected chi connectivity index (χ0v) is 15.2. The lowest BCUT2D eigenvalue weighted by molar-refractivity contribution is -0.150. The van der Waals surface area contributed by atoms with Crippen molar-refractivity contribution in [3.63, 3.8) is 0 Å². The predicted octanol–water partition coefficient (Wildman–Crippen LogP) is 3.04. The summed E-state index contributed by atoms with van der Waals surface area (Å²) < 4.78 is 30.3. The quantitative estimate of drug-likeness (QED) is 0.831. The molecule has 1 atom stereocenters. The molecule has 1 aliphatic rings. The summed E-state index contributed by atoms with van der Waals surface area (Å²) >= 11 is 1.33. The summed E-state index contributed by atoms with van der Waals surface area (Å²) in [7, 11) is 0. The third-order valence-electron chi connectivity index (χ3n) is 4.24. The second-order valence-electron chi connectivity index (χ2n) is 6.23.